The molecule has 0 saturated carbocycles. The fraction of sp³-hybridized carbons (Fsp3) is 0.0526. The largest absolute Gasteiger partial charge is 0.279 e. The molecule has 0 fully saturated rings. The van der Waals surface area contributed by atoms with Crippen molar-refractivity contribution in [2.75, 3.05) is 0 Å². The number of amides is 2. The number of rotatable bonds is 5. The van der Waals surface area contributed by atoms with E-state index in [1.54, 1.807) is 54.6 Å². The van der Waals surface area contributed by atoms with Gasteiger partial charge in [-0.3, -0.25) is 20.4 Å². The molecule has 1 aromatic heterocycles. The third-order valence-corrected chi connectivity index (χ3v) is 7.09. The third kappa shape index (κ3) is 5.06. The van der Waals surface area contributed by atoms with Crippen molar-refractivity contribution >= 4 is 48.9 Å². The van der Waals surface area contributed by atoms with Gasteiger partial charge in [0.15, 0.2) is 9.84 Å². The zero-order chi connectivity index (χ0) is 20.1. The second-order valence-corrected chi connectivity index (χ2v) is 10.2. The van der Waals surface area contributed by atoms with E-state index >= 15 is 0 Å². The van der Waals surface area contributed by atoms with Crippen molar-refractivity contribution in [3.63, 3.8) is 0 Å². The van der Waals surface area contributed by atoms with E-state index in [4.69, 9.17) is 0 Å². The van der Waals surface area contributed by atoms with Crippen molar-refractivity contribution < 1.29 is 18.0 Å². The highest BCUT2D eigenvalue weighted by molar-refractivity contribution is 9.11. The van der Waals surface area contributed by atoms with Crippen LogP contribution in [0.2, 0.25) is 0 Å². The molecular formula is C19H15BrN2O4S2. The monoisotopic (exact) mass is 478 g/mol. The number of hydrogen-bond donors (Lipinski definition) is 2. The smallest absolute Gasteiger partial charge is 0.267 e. The summed E-state index contributed by atoms with van der Waals surface area (Å²) in [6, 6.07) is 17.7. The Morgan fingerprint density at radius 2 is 1.50 bits per heavy atom. The number of carbonyl (C=O) groups is 2. The van der Waals surface area contributed by atoms with Crippen molar-refractivity contribution in [2.24, 2.45) is 0 Å². The summed E-state index contributed by atoms with van der Waals surface area (Å²) in [6.45, 7) is 0. The van der Waals surface area contributed by atoms with E-state index < -0.39 is 21.7 Å². The maximum Gasteiger partial charge on any atom is 0.279 e. The van der Waals surface area contributed by atoms with E-state index in [2.05, 4.69) is 26.8 Å². The molecular weight excluding hydrogens is 464 g/mol. The quantitative estimate of drug-likeness (QED) is 0.548. The molecule has 0 saturated heterocycles. The first-order valence-electron chi connectivity index (χ1n) is 8.08. The molecule has 0 atom stereocenters. The number of thiophene rings is 1. The zero-order valence-corrected chi connectivity index (χ0v) is 17.6. The molecule has 144 valence electrons. The second-order valence-electron chi connectivity index (χ2n) is 5.78. The molecule has 0 spiro atoms. The molecule has 3 rings (SSSR count). The molecule has 0 bridgehead atoms. The van der Waals surface area contributed by atoms with Crippen LogP contribution in [0.15, 0.2) is 75.4 Å². The normalized spacial score (nSPS) is 11.0. The summed E-state index contributed by atoms with van der Waals surface area (Å²) in [5, 5.41) is 0. The minimum atomic E-state index is -3.46. The Morgan fingerprint density at radius 1 is 0.857 bits per heavy atom. The van der Waals surface area contributed by atoms with E-state index in [0.717, 1.165) is 3.79 Å². The minimum Gasteiger partial charge on any atom is -0.267 e. The highest BCUT2D eigenvalue weighted by Crippen LogP contribution is 2.21. The first-order chi connectivity index (χ1) is 13.3. The van der Waals surface area contributed by atoms with Gasteiger partial charge in [0, 0.05) is 5.56 Å². The van der Waals surface area contributed by atoms with Crippen LogP contribution in [0.25, 0.3) is 0 Å². The molecule has 2 amide bonds. The van der Waals surface area contributed by atoms with Crippen molar-refractivity contribution in [3.8, 4) is 0 Å². The Bertz CT molecular complexity index is 1090. The molecule has 0 aliphatic heterocycles. The summed E-state index contributed by atoms with van der Waals surface area (Å²) in [7, 11) is -3.46. The number of carbonyl (C=O) groups excluding carboxylic acids is 2. The lowest BCUT2D eigenvalue weighted by Crippen LogP contribution is -2.41. The zero-order valence-electron chi connectivity index (χ0n) is 14.4. The first kappa shape index (κ1) is 20.2. The van der Waals surface area contributed by atoms with Crippen molar-refractivity contribution in [3.05, 3.63) is 86.5 Å². The number of nitrogens with one attached hydrogen (secondary N) is 2. The predicted molar refractivity (Wildman–Crippen MR) is 111 cm³/mol. The molecule has 2 N–H and O–H groups in total. The molecule has 3 aromatic rings. The second kappa shape index (κ2) is 8.68. The standard InChI is InChI=1S/C19H15BrN2O4S2/c20-17-11-10-16(27-17)19(24)22-21-18(23)14-8-6-13(7-9-14)12-28(25,26)15-4-2-1-3-5-15/h1-11H,12H2,(H,21,23)(H,22,24). The van der Waals surface area contributed by atoms with Crippen molar-refractivity contribution in [1.29, 1.82) is 0 Å². The SMILES string of the molecule is O=C(NNC(=O)c1ccc(Br)s1)c1ccc(CS(=O)(=O)c2ccccc2)cc1. The first-order valence-corrected chi connectivity index (χ1v) is 11.3. The molecule has 0 aliphatic rings. The summed E-state index contributed by atoms with van der Waals surface area (Å²) in [5.41, 5.74) is 5.54. The van der Waals surface area contributed by atoms with Crippen LogP contribution in [0.5, 0.6) is 0 Å². The van der Waals surface area contributed by atoms with Crippen LogP contribution in [-0.4, -0.2) is 20.2 Å². The van der Waals surface area contributed by atoms with Gasteiger partial charge in [0.25, 0.3) is 11.8 Å². The van der Waals surface area contributed by atoms with Crippen LogP contribution < -0.4 is 10.9 Å². The lowest BCUT2D eigenvalue weighted by Gasteiger charge is -2.08. The van der Waals surface area contributed by atoms with Gasteiger partial charge < -0.3 is 0 Å². The molecule has 28 heavy (non-hydrogen) atoms. The number of benzene rings is 2. The fourth-order valence-corrected chi connectivity index (χ4v) is 5.02. The number of hydrogen-bond acceptors (Lipinski definition) is 5. The van der Waals surface area contributed by atoms with E-state index in [0.29, 0.717) is 16.0 Å². The third-order valence-electron chi connectivity index (χ3n) is 3.76. The van der Waals surface area contributed by atoms with Crippen LogP contribution >= 0.6 is 27.3 Å². The molecule has 1 heterocycles. The van der Waals surface area contributed by atoms with Gasteiger partial charge in [-0.1, -0.05) is 30.3 Å². The lowest BCUT2D eigenvalue weighted by atomic mass is 10.1. The van der Waals surface area contributed by atoms with Gasteiger partial charge in [-0.15, -0.1) is 11.3 Å². The highest BCUT2D eigenvalue weighted by Gasteiger charge is 2.16. The minimum absolute atomic E-state index is 0.164. The molecule has 2 aromatic carbocycles. The van der Waals surface area contributed by atoms with E-state index in [9.17, 15) is 18.0 Å². The summed E-state index contributed by atoms with van der Waals surface area (Å²) in [6.07, 6.45) is 0. The molecule has 9 heteroatoms. The average Bonchev–Trinajstić information content (AvgIpc) is 3.13. The van der Waals surface area contributed by atoms with Gasteiger partial charge in [-0.05, 0) is 57.9 Å². The Kier molecular flexibility index (Phi) is 6.28. The number of halogens is 1. The predicted octanol–water partition coefficient (Wildman–Crippen LogP) is 3.56. The molecule has 0 radical (unpaired) electrons. The average molecular weight is 479 g/mol. The maximum absolute atomic E-state index is 12.4. The Hall–Kier alpha value is -2.49. The van der Waals surface area contributed by atoms with Crippen molar-refractivity contribution in [1.82, 2.24) is 10.9 Å². The van der Waals surface area contributed by atoms with E-state index in [1.807, 2.05) is 0 Å². The molecule has 0 unspecified atom stereocenters. The van der Waals surface area contributed by atoms with Crippen LogP contribution in [-0.2, 0) is 15.6 Å². The molecule has 6 nitrogen and oxygen atoms in total. The fourth-order valence-electron chi connectivity index (χ4n) is 2.37. The van der Waals surface area contributed by atoms with E-state index in [1.165, 1.54) is 23.5 Å². The van der Waals surface area contributed by atoms with Gasteiger partial charge in [-0.2, -0.15) is 0 Å². The van der Waals surface area contributed by atoms with Gasteiger partial charge >= 0.3 is 0 Å². The van der Waals surface area contributed by atoms with Gasteiger partial charge in [-0.25, -0.2) is 8.42 Å². The van der Waals surface area contributed by atoms with Crippen LogP contribution in [0.4, 0.5) is 0 Å². The summed E-state index contributed by atoms with van der Waals surface area (Å²) >= 11 is 4.51. The highest BCUT2D eigenvalue weighted by atomic mass is 79.9. The van der Waals surface area contributed by atoms with Crippen molar-refractivity contribution in [2.45, 2.75) is 10.6 Å². The van der Waals surface area contributed by atoms with Crippen LogP contribution in [0, 0.1) is 0 Å². The summed E-state index contributed by atoms with van der Waals surface area (Å²) < 4.78 is 25.6. The van der Waals surface area contributed by atoms with Gasteiger partial charge in [0.2, 0.25) is 0 Å². The van der Waals surface area contributed by atoms with Crippen LogP contribution in [0.1, 0.15) is 25.6 Å². The number of hydrazine groups is 1. The van der Waals surface area contributed by atoms with Gasteiger partial charge in [0.1, 0.15) is 0 Å². The Labute approximate surface area is 174 Å². The summed E-state index contributed by atoms with van der Waals surface area (Å²) in [4.78, 5) is 24.8. The maximum atomic E-state index is 12.4. The van der Waals surface area contributed by atoms with Crippen LogP contribution in [0.3, 0.4) is 0 Å². The lowest BCUT2D eigenvalue weighted by molar-refractivity contribution is 0.0849. The van der Waals surface area contributed by atoms with E-state index in [-0.39, 0.29) is 10.6 Å². The molecule has 0 aliphatic carbocycles. The Morgan fingerprint density at radius 3 is 2.11 bits per heavy atom. The topological polar surface area (TPSA) is 92.3 Å². The Balaban J connectivity index is 1.60. The van der Waals surface area contributed by atoms with Gasteiger partial charge in [0.05, 0.1) is 19.3 Å². The number of sulfone groups is 1. The summed E-state index contributed by atoms with van der Waals surface area (Å²) in [5.74, 6) is -1.08.